The number of benzene rings is 1. The molecular formula is C17H20. The van der Waals surface area contributed by atoms with Gasteiger partial charge in [-0.15, -0.1) is 0 Å². The average Bonchev–Trinajstić information content (AvgIpc) is 2.94. The zero-order valence-corrected chi connectivity index (χ0v) is 10.6. The molecule has 2 aliphatic rings. The summed E-state index contributed by atoms with van der Waals surface area (Å²) in [5.74, 6) is 2.47. The summed E-state index contributed by atoms with van der Waals surface area (Å²) in [6, 6.07) is 10.6. The molecule has 1 aromatic rings. The highest BCUT2D eigenvalue weighted by Gasteiger charge is 2.59. The SMILES string of the molecule is C[C@@H]1C=CC2(/C=C/c3ccccc3)[C@H](C1)[C@@H]2C. The molecule has 1 saturated carbocycles. The molecule has 3 rings (SSSR count). The van der Waals surface area contributed by atoms with Crippen molar-refractivity contribution in [2.24, 2.45) is 23.2 Å². The molecule has 0 heterocycles. The molecule has 0 saturated heterocycles. The van der Waals surface area contributed by atoms with E-state index in [0.29, 0.717) is 5.41 Å². The third-order valence-electron chi connectivity index (χ3n) is 4.63. The molecule has 4 atom stereocenters. The maximum absolute atomic E-state index is 2.45. The normalized spacial score (nSPS) is 39.3. The van der Waals surface area contributed by atoms with Gasteiger partial charge in [-0.1, -0.05) is 68.5 Å². The Morgan fingerprint density at radius 2 is 1.94 bits per heavy atom. The molecule has 17 heavy (non-hydrogen) atoms. The molecule has 0 aliphatic heterocycles. The van der Waals surface area contributed by atoms with Gasteiger partial charge in [0, 0.05) is 5.41 Å². The second-order valence-corrected chi connectivity index (χ2v) is 5.71. The number of hydrogen-bond acceptors (Lipinski definition) is 0. The first-order chi connectivity index (χ1) is 8.22. The van der Waals surface area contributed by atoms with Crippen LogP contribution >= 0.6 is 0 Å². The van der Waals surface area contributed by atoms with E-state index in [9.17, 15) is 0 Å². The summed E-state index contributed by atoms with van der Waals surface area (Å²) in [5.41, 5.74) is 1.69. The van der Waals surface area contributed by atoms with Crippen molar-refractivity contribution in [1.29, 1.82) is 0 Å². The fourth-order valence-electron chi connectivity index (χ4n) is 3.34. The lowest BCUT2D eigenvalue weighted by molar-refractivity contribution is 0.512. The van der Waals surface area contributed by atoms with Crippen LogP contribution in [-0.2, 0) is 0 Å². The summed E-state index contributed by atoms with van der Waals surface area (Å²) in [6.07, 6.45) is 10.9. The average molecular weight is 224 g/mol. The van der Waals surface area contributed by atoms with Crippen LogP contribution in [0.5, 0.6) is 0 Å². The molecule has 0 heteroatoms. The third kappa shape index (κ3) is 1.76. The third-order valence-corrected chi connectivity index (χ3v) is 4.63. The van der Waals surface area contributed by atoms with Crippen LogP contribution in [0.25, 0.3) is 6.08 Å². The van der Waals surface area contributed by atoms with Crippen molar-refractivity contribution < 1.29 is 0 Å². The molecule has 0 nitrogen and oxygen atoms in total. The highest BCUT2D eigenvalue weighted by atomic mass is 14.6. The Bertz CT molecular complexity index is 454. The van der Waals surface area contributed by atoms with Gasteiger partial charge in [-0.05, 0) is 29.7 Å². The smallest absolute Gasteiger partial charge is 0.0124 e. The minimum Gasteiger partial charge on any atom is -0.0848 e. The Labute approximate surface area is 104 Å². The number of hydrogen-bond donors (Lipinski definition) is 0. The summed E-state index contributed by atoms with van der Waals surface area (Å²) in [5, 5.41) is 0. The first-order valence-electron chi connectivity index (χ1n) is 6.66. The monoisotopic (exact) mass is 224 g/mol. The Morgan fingerprint density at radius 3 is 2.65 bits per heavy atom. The fourth-order valence-corrected chi connectivity index (χ4v) is 3.34. The van der Waals surface area contributed by atoms with Crippen LogP contribution < -0.4 is 0 Å². The summed E-state index contributed by atoms with van der Waals surface area (Å²) < 4.78 is 0. The Balaban J connectivity index is 1.82. The lowest BCUT2D eigenvalue weighted by Gasteiger charge is -2.16. The number of fused-ring (bicyclic) bond motifs is 1. The van der Waals surface area contributed by atoms with E-state index in [-0.39, 0.29) is 0 Å². The lowest BCUT2D eigenvalue weighted by Crippen LogP contribution is -2.06. The van der Waals surface area contributed by atoms with E-state index in [1.165, 1.54) is 12.0 Å². The molecule has 0 spiro atoms. The zero-order chi connectivity index (χ0) is 11.9. The first kappa shape index (κ1) is 10.8. The summed E-state index contributed by atoms with van der Waals surface area (Å²) in [4.78, 5) is 0. The molecule has 0 radical (unpaired) electrons. The lowest BCUT2D eigenvalue weighted by atomic mass is 9.89. The molecule has 0 bridgehead atoms. The van der Waals surface area contributed by atoms with Crippen molar-refractivity contribution in [3.63, 3.8) is 0 Å². The molecule has 0 amide bonds. The van der Waals surface area contributed by atoms with Crippen molar-refractivity contribution in [3.05, 3.63) is 54.1 Å². The Hall–Kier alpha value is -1.30. The van der Waals surface area contributed by atoms with E-state index < -0.39 is 0 Å². The Morgan fingerprint density at radius 1 is 1.18 bits per heavy atom. The van der Waals surface area contributed by atoms with Crippen LogP contribution in [-0.4, -0.2) is 0 Å². The van der Waals surface area contributed by atoms with Crippen LogP contribution in [0.2, 0.25) is 0 Å². The topological polar surface area (TPSA) is 0 Å². The van der Waals surface area contributed by atoms with Gasteiger partial charge in [-0.2, -0.15) is 0 Å². The van der Waals surface area contributed by atoms with E-state index in [4.69, 9.17) is 0 Å². The van der Waals surface area contributed by atoms with Gasteiger partial charge in [0.05, 0.1) is 0 Å². The summed E-state index contributed by atoms with van der Waals surface area (Å²) in [7, 11) is 0. The van der Waals surface area contributed by atoms with Gasteiger partial charge in [-0.25, -0.2) is 0 Å². The van der Waals surface area contributed by atoms with Crippen molar-refractivity contribution in [2.45, 2.75) is 20.3 Å². The van der Waals surface area contributed by atoms with Crippen LogP contribution in [0.4, 0.5) is 0 Å². The highest BCUT2D eigenvalue weighted by molar-refractivity contribution is 5.52. The molecule has 2 aliphatic carbocycles. The van der Waals surface area contributed by atoms with Crippen LogP contribution in [0.1, 0.15) is 25.8 Å². The molecule has 1 unspecified atom stereocenters. The van der Waals surface area contributed by atoms with Gasteiger partial charge in [0.15, 0.2) is 0 Å². The maximum Gasteiger partial charge on any atom is 0.0124 e. The number of allylic oxidation sites excluding steroid dienone is 3. The zero-order valence-electron chi connectivity index (χ0n) is 10.6. The van der Waals surface area contributed by atoms with Crippen molar-refractivity contribution in [3.8, 4) is 0 Å². The Kier molecular flexibility index (Phi) is 2.47. The second-order valence-electron chi connectivity index (χ2n) is 5.71. The van der Waals surface area contributed by atoms with Gasteiger partial charge in [0.25, 0.3) is 0 Å². The van der Waals surface area contributed by atoms with E-state index >= 15 is 0 Å². The minimum atomic E-state index is 0.377. The first-order valence-corrected chi connectivity index (χ1v) is 6.66. The van der Waals surface area contributed by atoms with Gasteiger partial charge >= 0.3 is 0 Å². The van der Waals surface area contributed by atoms with Crippen molar-refractivity contribution in [1.82, 2.24) is 0 Å². The maximum atomic E-state index is 2.45. The standard InChI is InChI=1S/C17H20/c1-13-8-10-17(14(2)16(17)12-13)11-9-15-6-4-3-5-7-15/h3-11,13-14,16H,12H2,1-2H3/b11-9+/t13-,14+,16-,17?/m1/s1. The van der Waals surface area contributed by atoms with Crippen molar-refractivity contribution >= 4 is 6.08 Å². The molecule has 0 aromatic heterocycles. The molecule has 1 fully saturated rings. The predicted octanol–water partition coefficient (Wildman–Crippen LogP) is 4.55. The van der Waals surface area contributed by atoms with Gasteiger partial charge in [0.2, 0.25) is 0 Å². The molecular weight excluding hydrogens is 204 g/mol. The summed E-state index contributed by atoms with van der Waals surface area (Å²) >= 11 is 0. The highest BCUT2D eigenvalue weighted by Crippen LogP contribution is 2.65. The van der Waals surface area contributed by atoms with E-state index in [1.807, 2.05) is 0 Å². The van der Waals surface area contributed by atoms with Crippen LogP contribution in [0.3, 0.4) is 0 Å². The summed E-state index contributed by atoms with van der Waals surface area (Å²) in [6.45, 7) is 4.72. The fraction of sp³-hybridized carbons (Fsp3) is 0.412. The van der Waals surface area contributed by atoms with Gasteiger partial charge < -0.3 is 0 Å². The molecule has 88 valence electrons. The van der Waals surface area contributed by atoms with Crippen LogP contribution in [0, 0.1) is 23.2 Å². The largest absolute Gasteiger partial charge is 0.0848 e. The second kappa shape index (κ2) is 3.87. The molecule has 1 aromatic carbocycles. The van der Waals surface area contributed by atoms with Gasteiger partial charge in [-0.3, -0.25) is 0 Å². The van der Waals surface area contributed by atoms with Crippen molar-refractivity contribution in [2.75, 3.05) is 0 Å². The molecule has 0 N–H and O–H groups in total. The predicted molar refractivity (Wildman–Crippen MR) is 73.5 cm³/mol. The minimum absolute atomic E-state index is 0.377. The van der Waals surface area contributed by atoms with E-state index in [0.717, 1.165) is 17.8 Å². The van der Waals surface area contributed by atoms with E-state index in [2.05, 4.69) is 68.5 Å². The quantitative estimate of drug-likeness (QED) is 0.647. The van der Waals surface area contributed by atoms with E-state index in [1.54, 1.807) is 0 Å². The number of rotatable bonds is 2. The van der Waals surface area contributed by atoms with Gasteiger partial charge in [0.1, 0.15) is 0 Å². The van der Waals surface area contributed by atoms with Crippen LogP contribution in [0.15, 0.2) is 48.6 Å².